The maximum Gasteiger partial charge on any atom is 0.148 e. The molecule has 1 saturated heterocycles. The summed E-state index contributed by atoms with van der Waals surface area (Å²) in [4.78, 5) is 4.37. The number of anilines is 2. The third kappa shape index (κ3) is 2.11. The molecule has 0 saturated carbocycles. The van der Waals surface area contributed by atoms with Gasteiger partial charge in [-0.1, -0.05) is 0 Å². The number of rotatable bonds is 1. The minimum atomic E-state index is -0.225. The van der Waals surface area contributed by atoms with E-state index >= 15 is 0 Å². The molecule has 1 aromatic rings. The first-order chi connectivity index (χ1) is 7.58. The van der Waals surface area contributed by atoms with Gasteiger partial charge in [0.15, 0.2) is 0 Å². The molecule has 0 spiro atoms. The minimum Gasteiger partial charge on any atom is -0.399 e. The van der Waals surface area contributed by atoms with Gasteiger partial charge in [-0.3, -0.25) is 0 Å². The van der Waals surface area contributed by atoms with E-state index in [1.807, 2.05) is 0 Å². The van der Waals surface area contributed by atoms with Crippen molar-refractivity contribution in [3.63, 3.8) is 0 Å². The Labute approximate surface area is 95.6 Å². The van der Waals surface area contributed by atoms with Crippen LogP contribution in [0, 0.1) is 5.82 Å². The summed E-state index contributed by atoms with van der Waals surface area (Å²) < 4.78 is 13.7. The lowest BCUT2D eigenvalue weighted by atomic mass is 10.1. The van der Waals surface area contributed by atoms with Crippen molar-refractivity contribution < 1.29 is 4.39 Å². The van der Waals surface area contributed by atoms with E-state index in [0.717, 1.165) is 19.6 Å². The highest BCUT2D eigenvalue weighted by Gasteiger charge is 2.22. The van der Waals surface area contributed by atoms with Gasteiger partial charge in [-0.25, -0.2) is 4.39 Å². The number of nitrogens with zero attached hydrogens (tertiary/aromatic N) is 2. The molecule has 0 radical (unpaired) electrons. The number of benzene rings is 1. The molecular weight excluding hydrogens is 205 g/mol. The highest BCUT2D eigenvalue weighted by Crippen LogP contribution is 2.23. The number of likely N-dealkylation sites (N-methyl/N-ethyl adjacent to an activating group) is 1. The molecule has 1 fully saturated rings. The van der Waals surface area contributed by atoms with Crippen LogP contribution in [0.25, 0.3) is 0 Å². The zero-order valence-electron chi connectivity index (χ0n) is 9.78. The second-order valence-electron chi connectivity index (χ2n) is 4.49. The molecule has 4 heteroatoms. The van der Waals surface area contributed by atoms with Crippen LogP contribution < -0.4 is 10.6 Å². The van der Waals surface area contributed by atoms with E-state index in [-0.39, 0.29) is 5.82 Å². The van der Waals surface area contributed by atoms with Crippen LogP contribution in [0.1, 0.15) is 6.92 Å². The average molecular weight is 223 g/mol. The highest BCUT2D eigenvalue weighted by molar-refractivity contribution is 5.54. The van der Waals surface area contributed by atoms with Crippen LogP contribution in [0.15, 0.2) is 18.2 Å². The second-order valence-corrected chi connectivity index (χ2v) is 4.49. The Balaban J connectivity index is 2.18. The van der Waals surface area contributed by atoms with Gasteiger partial charge in [0.2, 0.25) is 0 Å². The van der Waals surface area contributed by atoms with E-state index in [4.69, 9.17) is 5.73 Å². The van der Waals surface area contributed by atoms with Crippen LogP contribution >= 0.6 is 0 Å². The molecule has 1 aliphatic heterocycles. The normalized spacial score (nSPS) is 22.4. The number of piperazine rings is 1. The highest BCUT2D eigenvalue weighted by atomic mass is 19.1. The van der Waals surface area contributed by atoms with Gasteiger partial charge >= 0.3 is 0 Å². The molecule has 2 N–H and O–H groups in total. The SMILES string of the molecule is C[C@@H]1CN(c2ccc(N)cc2F)CCN1C. The maximum absolute atomic E-state index is 13.7. The fourth-order valence-electron chi connectivity index (χ4n) is 2.05. The van der Waals surface area contributed by atoms with Crippen molar-refractivity contribution in [2.45, 2.75) is 13.0 Å². The molecule has 0 aromatic heterocycles. The Hall–Kier alpha value is -1.29. The molecule has 1 atom stereocenters. The lowest BCUT2D eigenvalue weighted by Gasteiger charge is -2.39. The van der Waals surface area contributed by atoms with E-state index < -0.39 is 0 Å². The molecule has 0 bridgehead atoms. The van der Waals surface area contributed by atoms with Gasteiger partial charge in [0, 0.05) is 31.4 Å². The molecular formula is C12H18FN3. The second kappa shape index (κ2) is 4.29. The topological polar surface area (TPSA) is 32.5 Å². The van der Waals surface area contributed by atoms with Crippen molar-refractivity contribution in [3.8, 4) is 0 Å². The summed E-state index contributed by atoms with van der Waals surface area (Å²) >= 11 is 0. The minimum absolute atomic E-state index is 0.225. The molecule has 3 nitrogen and oxygen atoms in total. The molecule has 0 unspecified atom stereocenters. The zero-order valence-corrected chi connectivity index (χ0v) is 9.78. The van der Waals surface area contributed by atoms with Crippen LogP contribution in [-0.4, -0.2) is 37.6 Å². The summed E-state index contributed by atoms with van der Waals surface area (Å²) in [5, 5.41) is 0. The molecule has 0 amide bonds. The smallest absolute Gasteiger partial charge is 0.148 e. The summed E-state index contributed by atoms with van der Waals surface area (Å²) in [5.74, 6) is -0.225. The predicted molar refractivity (Wildman–Crippen MR) is 65.1 cm³/mol. The summed E-state index contributed by atoms with van der Waals surface area (Å²) in [5.41, 5.74) is 6.68. The standard InChI is InChI=1S/C12H18FN3/c1-9-8-16(6-5-15(9)2)12-4-3-10(14)7-11(12)13/h3-4,7,9H,5-6,8,14H2,1-2H3/t9-/m1/s1. The Kier molecular flexibility index (Phi) is 3.01. The van der Waals surface area contributed by atoms with Crippen molar-refractivity contribution in [2.75, 3.05) is 37.3 Å². The van der Waals surface area contributed by atoms with Gasteiger partial charge in [0.25, 0.3) is 0 Å². The van der Waals surface area contributed by atoms with Gasteiger partial charge < -0.3 is 15.5 Å². The molecule has 16 heavy (non-hydrogen) atoms. The zero-order chi connectivity index (χ0) is 11.7. The summed E-state index contributed by atoms with van der Waals surface area (Å²) in [7, 11) is 2.10. The van der Waals surface area contributed by atoms with Crippen LogP contribution in [0.3, 0.4) is 0 Å². The number of halogens is 1. The number of nitrogen functional groups attached to an aromatic ring is 1. The fraction of sp³-hybridized carbons (Fsp3) is 0.500. The lowest BCUT2D eigenvalue weighted by molar-refractivity contribution is 0.233. The van der Waals surface area contributed by atoms with E-state index in [9.17, 15) is 4.39 Å². The van der Waals surface area contributed by atoms with E-state index in [1.54, 1.807) is 12.1 Å². The quantitative estimate of drug-likeness (QED) is 0.733. The monoisotopic (exact) mass is 223 g/mol. The first-order valence-electron chi connectivity index (χ1n) is 5.58. The fourth-order valence-corrected chi connectivity index (χ4v) is 2.05. The Morgan fingerprint density at radius 3 is 2.75 bits per heavy atom. The van der Waals surface area contributed by atoms with Crippen molar-refractivity contribution >= 4 is 11.4 Å². The Bertz CT molecular complexity index is 381. The molecule has 1 aliphatic rings. The van der Waals surface area contributed by atoms with Crippen LogP contribution in [-0.2, 0) is 0 Å². The van der Waals surface area contributed by atoms with Crippen molar-refractivity contribution in [2.24, 2.45) is 0 Å². The van der Waals surface area contributed by atoms with Crippen molar-refractivity contribution in [1.29, 1.82) is 0 Å². The van der Waals surface area contributed by atoms with Gasteiger partial charge in [0.05, 0.1) is 5.69 Å². The van der Waals surface area contributed by atoms with E-state index in [0.29, 0.717) is 17.4 Å². The van der Waals surface area contributed by atoms with Gasteiger partial charge in [-0.15, -0.1) is 0 Å². The third-order valence-corrected chi connectivity index (χ3v) is 3.27. The predicted octanol–water partition coefficient (Wildman–Crippen LogP) is 1.55. The summed E-state index contributed by atoms with van der Waals surface area (Å²) in [6.45, 7) is 4.84. The maximum atomic E-state index is 13.7. The van der Waals surface area contributed by atoms with Crippen LogP contribution in [0.2, 0.25) is 0 Å². The Morgan fingerprint density at radius 2 is 2.12 bits per heavy atom. The molecule has 1 aromatic carbocycles. The third-order valence-electron chi connectivity index (χ3n) is 3.27. The number of hydrogen-bond donors (Lipinski definition) is 1. The first-order valence-corrected chi connectivity index (χ1v) is 5.58. The first kappa shape index (κ1) is 11.2. The molecule has 2 rings (SSSR count). The number of hydrogen-bond acceptors (Lipinski definition) is 3. The van der Waals surface area contributed by atoms with E-state index in [2.05, 4.69) is 23.8 Å². The van der Waals surface area contributed by atoms with E-state index in [1.165, 1.54) is 6.07 Å². The van der Waals surface area contributed by atoms with Crippen LogP contribution in [0.5, 0.6) is 0 Å². The van der Waals surface area contributed by atoms with Gasteiger partial charge in [-0.2, -0.15) is 0 Å². The van der Waals surface area contributed by atoms with Crippen molar-refractivity contribution in [3.05, 3.63) is 24.0 Å². The molecule has 0 aliphatic carbocycles. The largest absolute Gasteiger partial charge is 0.399 e. The van der Waals surface area contributed by atoms with Crippen LogP contribution in [0.4, 0.5) is 15.8 Å². The summed E-state index contributed by atoms with van der Waals surface area (Å²) in [6.07, 6.45) is 0. The molecule has 88 valence electrons. The average Bonchev–Trinajstić information content (AvgIpc) is 2.22. The Morgan fingerprint density at radius 1 is 1.38 bits per heavy atom. The lowest BCUT2D eigenvalue weighted by Crippen LogP contribution is -2.50. The van der Waals surface area contributed by atoms with Gasteiger partial charge in [0.1, 0.15) is 5.82 Å². The molecule has 1 heterocycles. The van der Waals surface area contributed by atoms with Gasteiger partial charge in [-0.05, 0) is 32.2 Å². The number of nitrogens with two attached hydrogens (primary N) is 1. The summed E-state index contributed by atoms with van der Waals surface area (Å²) in [6, 6.07) is 5.35. The van der Waals surface area contributed by atoms with Crippen molar-refractivity contribution in [1.82, 2.24) is 4.90 Å².